The number of piperidine rings is 1. The molecule has 1 fully saturated rings. The van der Waals surface area contributed by atoms with Crippen molar-refractivity contribution in [2.75, 3.05) is 38.7 Å². The van der Waals surface area contributed by atoms with Gasteiger partial charge in [0, 0.05) is 12.0 Å². The van der Waals surface area contributed by atoms with Gasteiger partial charge < -0.3 is 24.6 Å². The first-order valence-corrected chi connectivity index (χ1v) is 12.9. The largest absolute Gasteiger partial charge is 0.491 e. The van der Waals surface area contributed by atoms with Gasteiger partial charge >= 0.3 is 0 Å². The van der Waals surface area contributed by atoms with Gasteiger partial charge in [0.05, 0.1) is 10.4 Å². The molecule has 1 heterocycles. The standard InChI is InChI=1S/C26H35BrClNO4/c1-26(2,20-8-11-25(24(27)14-20)33-17-21(30)15-28)19-6-9-23(10-7-19)32-18-22(31)16-29-12-4-3-5-13-29/h6-11,14,21-22,30-31H,3-5,12-13,15-18H2,1-2H3. The van der Waals surface area contributed by atoms with Gasteiger partial charge in [-0.05, 0) is 77.3 Å². The lowest BCUT2D eigenvalue weighted by atomic mass is 9.78. The number of likely N-dealkylation sites (tertiary alicyclic amines) is 1. The highest BCUT2D eigenvalue weighted by atomic mass is 79.9. The minimum Gasteiger partial charge on any atom is -0.491 e. The quantitative estimate of drug-likeness (QED) is 0.394. The van der Waals surface area contributed by atoms with E-state index in [1.807, 2.05) is 30.3 Å². The van der Waals surface area contributed by atoms with E-state index in [1.54, 1.807) is 0 Å². The van der Waals surface area contributed by atoms with Crippen LogP contribution in [0, 0.1) is 0 Å². The van der Waals surface area contributed by atoms with E-state index in [0.29, 0.717) is 18.9 Å². The molecule has 2 unspecified atom stereocenters. The van der Waals surface area contributed by atoms with Crippen molar-refractivity contribution in [3.8, 4) is 11.5 Å². The predicted molar refractivity (Wildman–Crippen MR) is 137 cm³/mol. The van der Waals surface area contributed by atoms with Crippen LogP contribution in [0.5, 0.6) is 11.5 Å². The fourth-order valence-electron chi connectivity index (χ4n) is 4.06. The average molecular weight is 541 g/mol. The lowest BCUT2D eigenvalue weighted by Crippen LogP contribution is -2.38. The van der Waals surface area contributed by atoms with Crippen LogP contribution < -0.4 is 9.47 Å². The van der Waals surface area contributed by atoms with Crippen molar-refractivity contribution in [1.29, 1.82) is 0 Å². The van der Waals surface area contributed by atoms with Crippen LogP contribution in [0.25, 0.3) is 0 Å². The number of alkyl halides is 1. The van der Waals surface area contributed by atoms with Crippen LogP contribution in [0.4, 0.5) is 0 Å². The first-order valence-electron chi connectivity index (χ1n) is 11.6. The van der Waals surface area contributed by atoms with Gasteiger partial charge in [-0.1, -0.05) is 38.5 Å². The molecule has 2 atom stereocenters. The van der Waals surface area contributed by atoms with Gasteiger partial charge in [0.15, 0.2) is 0 Å². The average Bonchev–Trinajstić information content (AvgIpc) is 2.82. The van der Waals surface area contributed by atoms with Crippen molar-refractivity contribution >= 4 is 27.5 Å². The van der Waals surface area contributed by atoms with Crippen molar-refractivity contribution in [1.82, 2.24) is 4.90 Å². The molecule has 0 aromatic heterocycles. The molecule has 1 aliphatic rings. The van der Waals surface area contributed by atoms with Gasteiger partial charge in [-0.2, -0.15) is 0 Å². The molecule has 5 nitrogen and oxygen atoms in total. The summed E-state index contributed by atoms with van der Waals surface area (Å²) in [7, 11) is 0. The van der Waals surface area contributed by atoms with Crippen molar-refractivity contribution in [3.05, 3.63) is 58.1 Å². The number of aliphatic hydroxyl groups excluding tert-OH is 2. The Morgan fingerprint density at radius 3 is 2.21 bits per heavy atom. The van der Waals surface area contributed by atoms with Crippen molar-refractivity contribution in [2.24, 2.45) is 0 Å². The first kappa shape index (κ1) is 26.3. The summed E-state index contributed by atoms with van der Waals surface area (Å²) in [6, 6.07) is 14.1. The summed E-state index contributed by atoms with van der Waals surface area (Å²) in [5.41, 5.74) is 2.05. The molecule has 2 aromatic carbocycles. The Morgan fingerprint density at radius 2 is 1.58 bits per heavy atom. The Kier molecular flexibility index (Phi) is 9.89. The molecule has 0 spiro atoms. The van der Waals surface area contributed by atoms with Crippen LogP contribution in [-0.4, -0.2) is 66.0 Å². The van der Waals surface area contributed by atoms with Gasteiger partial charge in [-0.3, -0.25) is 0 Å². The maximum atomic E-state index is 10.3. The topological polar surface area (TPSA) is 62.2 Å². The molecule has 0 amide bonds. The number of rotatable bonds is 11. The zero-order valence-electron chi connectivity index (χ0n) is 19.5. The van der Waals surface area contributed by atoms with Gasteiger partial charge in [0.25, 0.3) is 0 Å². The third kappa shape index (κ3) is 7.59. The Bertz CT molecular complexity index is 871. The molecular weight excluding hydrogens is 506 g/mol. The molecule has 3 rings (SSSR count). The number of benzene rings is 2. The molecular formula is C26H35BrClNO4. The molecule has 182 valence electrons. The Hall–Kier alpha value is -1.31. The highest BCUT2D eigenvalue weighted by Gasteiger charge is 2.24. The van der Waals surface area contributed by atoms with E-state index in [1.165, 1.54) is 19.3 Å². The van der Waals surface area contributed by atoms with Crippen LogP contribution in [0.3, 0.4) is 0 Å². The third-order valence-corrected chi connectivity index (χ3v) is 7.17. The third-order valence-electron chi connectivity index (χ3n) is 6.20. The number of hydrogen-bond acceptors (Lipinski definition) is 5. The minimum absolute atomic E-state index is 0.139. The van der Waals surface area contributed by atoms with E-state index in [4.69, 9.17) is 21.1 Å². The minimum atomic E-state index is -0.693. The molecule has 0 aliphatic carbocycles. The summed E-state index contributed by atoms with van der Waals surface area (Å²) < 4.78 is 12.3. The van der Waals surface area contributed by atoms with E-state index < -0.39 is 12.2 Å². The van der Waals surface area contributed by atoms with Gasteiger partial charge in [0.2, 0.25) is 0 Å². The molecule has 1 saturated heterocycles. The summed E-state index contributed by atoms with van der Waals surface area (Å²) in [6.45, 7) is 7.60. The van der Waals surface area contributed by atoms with Crippen LogP contribution in [0.2, 0.25) is 0 Å². The van der Waals surface area contributed by atoms with Gasteiger partial charge in [0.1, 0.15) is 36.9 Å². The Labute approximate surface area is 210 Å². The van der Waals surface area contributed by atoms with Crippen LogP contribution in [0.1, 0.15) is 44.2 Å². The maximum absolute atomic E-state index is 10.3. The molecule has 0 saturated carbocycles. The number of ether oxygens (including phenoxy) is 2. The molecule has 0 radical (unpaired) electrons. The zero-order valence-corrected chi connectivity index (χ0v) is 21.8. The fourth-order valence-corrected chi connectivity index (χ4v) is 4.64. The van der Waals surface area contributed by atoms with E-state index in [-0.39, 0.29) is 17.9 Å². The smallest absolute Gasteiger partial charge is 0.133 e. The second-order valence-corrected chi connectivity index (χ2v) is 10.4. The van der Waals surface area contributed by atoms with Crippen molar-refractivity contribution in [2.45, 2.75) is 50.7 Å². The summed E-state index contributed by atoms with van der Waals surface area (Å²) in [5.74, 6) is 1.57. The number of β-amino-alcohol motifs (C(OH)–C–C–N with tert-alkyl or cyclic N) is 1. The van der Waals surface area contributed by atoms with Crippen LogP contribution in [0.15, 0.2) is 46.9 Å². The van der Waals surface area contributed by atoms with Gasteiger partial charge in [-0.25, -0.2) is 0 Å². The normalized spacial score (nSPS) is 16.9. The van der Waals surface area contributed by atoms with Crippen LogP contribution in [-0.2, 0) is 5.41 Å². The lowest BCUT2D eigenvalue weighted by Gasteiger charge is -2.28. The van der Waals surface area contributed by atoms with Crippen molar-refractivity contribution < 1.29 is 19.7 Å². The summed E-state index contributed by atoms with van der Waals surface area (Å²) >= 11 is 9.21. The lowest BCUT2D eigenvalue weighted by molar-refractivity contribution is 0.0617. The molecule has 33 heavy (non-hydrogen) atoms. The first-order chi connectivity index (χ1) is 15.8. The fraction of sp³-hybridized carbons (Fsp3) is 0.538. The molecule has 2 N–H and O–H groups in total. The second-order valence-electron chi connectivity index (χ2n) is 9.24. The summed E-state index contributed by atoms with van der Waals surface area (Å²) in [5, 5.41) is 19.9. The number of aliphatic hydroxyl groups is 2. The molecule has 1 aliphatic heterocycles. The van der Waals surface area contributed by atoms with E-state index in [0.717, 1.165) is 34.4 Å². The van der Waals surface area contributed by atoms with Gasteiger partial charge in [-0.15, -0.1) is 11.6 Å². The zero-order chi connectivity index (χ0) is 23.8. The predicted octanol–water partition coefficient (Wildman–Crippen LogP) is 4.98. The van der Waals surface area contributed by atoms with E-state index >= 15 is 0 Å². The number of hydrogen-bond donors (Lipinski definition) is 2. The Balaban J connectivity index is 1.57. The summed E-state index contributed by atoms with van der Waals surface area (Å²) in [4.78, 5) is 2.32. The number of nitrogens with zero attached hydrogens (tertiary/aromatic N) is 1. The molecule has 2 aromatic rings. The maximum Gasteiger partial charge on any atom is 0.133 e. The highest BCUT2D eigenvalue weighted by molar-refractivity contribution is 9.10. The Morgan fingerprint density at radius 1 is 0.939 bits per heavy atom. The monoisotopic (exact) mass is 539 g/mol. The molecule has 7 heteroatoms. The second kappa shape index (κ2) is 12.4. The van der Waals surface area contributed by atoms with Crippen molar-refractivity contribution in [3.63, 3.8) is 0 Å². The SMILES string of the molecule is CC(C)(c1ccc(OCC(O)CN2CCCCC2)cc1)c1ccc(OCC(O)CCl)c(Br)c1. The van der Waals surface area contributed by atoms with Crippen LogP contribution >= 0.6 is 27.5 Å². The number of halogens is 2. The van der Waals surface area contributed by atoms with E-state index in [2.05, 4.69) is 46.8 Å². The summed E-state index contributed by atoms with van der Waals surface area (Å²) in [6.07, 6.45) is 2.55. The van der Waals surface area contributed by atoms with E-state index in [9.17, 15) is 10.2 Å². The molecule has 0 bridgehead atoms. The highest BCUT2D eigenvalue weighted by Crippen LogP contribution is 2.36.